The monoisotopic (exact) mass is 369 g/mol. The molecule has 1 N–H and O–H groups in total. The first kappa shape index (κ1) is 16.2. The van der Waals surface area contributed by atoms with Crippen molar-refractivity contribution in [3.63, 3.8) is 0 Å². The maximum absolute atomic E-state index is 12.9. The predicted molar refractivity (Wildman–Crippen MR) is 79.6 cm³/mol. The second-order valence-corrected chi connectivity index (χ2v) is 5.36. The van der Waals surface area contributed by atoms with E-state index in [0.29, 0.717) is 5.76 Å². The van der Waals surface area contributed by atoms with Crippen LogP contribution in [-0.4, -0.2) is 18.5 Å². The zero-order valence-electron chi connectivity index (χ0n) is 11.6. The molecule has 0 spiro atoms. The Hall–Kier alpha value is -2.15. The minimum Gasteiger partial charge on any atom is -0.467 e. The lowest BCUT2D eigenvalue weighted by Gasteiger charge is -2.12. The van der Waals surface area contributed by atoms with E-state index in [1.165, 1.54) is 12.3 Å². The van der Waals surface area contributed by atoms with Crippen LogP contribution in [-0.2, 0) is 9.53 Å². The second kappa shape index (κ2) is 7.22. The molecule has 0 aliphatic rings. The van der Waals surface area contributed by atoms with E-state index in [1.54, 1.807) is 19.1 Å². The normalized spacial score (nSPS) is 11.8. The summed E-state index contributed by atoms with van der Waals surface area (Å²) in [5.74, 6) is -1.06. The molecule has 1 aromatic carbocycles. The lowest BCUT2D eigenvalue weighted by molar-refractivity contribution is -0.125. The van der Waals surface area contributed by atoms with E-state index in [2.05, 4.69) is 21.2 Å². The average Bonchev–Trinajstić information content (AvgIpc) is 2.99. The van der Waals surface area contributed by atoms with Crippen molar-refractivity contribution in [3.8, 4) is 0 Å². The van der Waals surface area contributed by atoms with E-state index in [-0.39, 0.29) is 16.1 Å². The lowest BCUT2D eigenvalue weighted by atomic mass is 10.2. The van der Waals surface area contributed by atoms with Crippen molar-refractivity contribution < 1.29 is 23.1 Å². The van der Waals surface area contributed by atoms with Crippen LogP contribution >= 0.6 is 15.9 Å². The molecule has 5 nitrogen and oxygen atoms in total. The Morgan fingerprint density at radius 2 is 2.18 bits per heavy atom. The number of hydrogen-bond donors (Lipinski definition) is 1. The predicted octanol–water partition coefficient (Wildman–Crippen LogP) is 3.22. The van der Waals surface area contributed by atoms with E-state index in [9.17, 15) is 14.0 Å². The molecule has 0 aliphatic carbocycles. The smallest absolute Gasteiger partial charge is 0.339 e. The number of carbonyl (C=O) groups excluding carboxylic acids is 2. The van der Waals surface area contributed by atoms with Crippen molar-refractivity contribution in [2.24, 2.45) is 0 Å². The molecule has 0 aliphatic heterocycles. The van der Waals surface area contributed by atoms with E-state index in [1.807, 2.05) is 0 Å². The number of nitrogens with one attached hydrogen (secondary N) is 1. The van der Waals surface area contributed by atoms with Gasteiger partial charge in [0, 0.05) is 4.47 Å². The Morgan fingerprint density at radius 1 is 1.41 bits per heavy atom. The summed E-state index contributed by atoms with van der Waals surface area (Å²) < 4.78 is 23.3. The fraction of sp³-hybridized carbons (Fsp3) is 0.200. The van der Waals surface area contributed by atoms with Crippen LogP contribution in [0.3, 0.4) is 0 Å². The number of benzene rings is 1. The molecule has 0 unspecified atom stereocenters. The largest absolute Gasteiger partial charge is 0.467 e. The highest BCUT2D eigenvalue weighted by atomic mass is 79.9. The summed E-state index contributed by atoms with van der Waals surface area (Å²) in [6.07, 6.45) is 1.50. The van der Waals surface area contributed by atoms with Gasteiger partial charge in [0.2, 0.25) is 0 Å². The van der Waals surface area contributed by atoms with Gasteiger partial charge in [-0.1, -0.05) is 0 Å². The molecule has 1 amide bonds. The van der Waals surface area contributed by atoms with Crippen molar-refractivity contribution in [2.45, 2.75) is 13.0 Å². The van der Waals surface area contributed by atoms with Crippen molar-refractivity contribution in [1.82, 2.24) is 5.32 Å². The second-order valence-electron chi connectivity index (χ2n) is 4.50. The molecule has 1 heterocycles. The summed E-state index contributed by atoms with van der Waals surface area (Å²) in [6.45, 7) is 1.31. The third kappa shape index (κ3) is 4.17. The fourth-order valence-corrected chi connectivity index (χ4v) is 2.27. The molecule has 1 aromatic heterocycles. The standard InChI is InChI=1S/C15H13BrFNO4/c1-9(13-3-2-6-21-13)18-14(19)8-22-15(20)11-5-4-10(17)7-12(11)16/h2-7,9H,8H2,1H3,(H,18,19)/t9-/m1/s1. The first-order valence-electron chi connectivity index (χ1n) is 6.42. The molecule has 0 saturated heterocycles. The van der Waals surface area contributed by atoms with Crippen molar-refractivity contribution >= 4 is 27.8 Å². The Bertz CT molecular complexity index is 672. The summed E-state index contributed by atoms with van der Waals surface area (Å²) in [4.78, 5) is 23.5. The third-order valence-electron chi connectivity index (χ3n) is 2.83. The van der Waals surface area contributed by atoms with Gasteiger partial charge in [-0.05, 0) is 53.2 Å². The quantitative estimate of drug-likeness (QED) is 0.821. The van der Waals surface area contributed by atoms with Crippen LogP contribution in [0, 0.1) is 5.82 Å². The average molecular weight is 370 g/mol. The maximum atomic E-state index is 12.9. The fourth-order valence-electron chi connectivity index (χ4n) is 1.76. The van der Waals surface area contributed by atoms with Gasteiger partial charge in [0.15, 0.2) is 6.61 Å². The highest BCUT2D eigenvalue weighted by Gasteiger charge is 2.16. The molecule has 0 radical (unpaired) electrons. The highest BCUT2D eigenvalue weighted by molar-refractivity contribution is 9.10. The Labute approximate surface area is 134 Å². The summed E-state index contributed by atoms with van der Waals surface area (Å²) in [5, 5.41) is 2.63. The van der Waals surface area contributed by atoms with Crippen molar-refractivity contribution in [3.05, 3.63) is 58.2 Å². The summed E-state index contributed by atoms with van der Waals surface area (Å²) >= 11 is 3.07. The number of esters is 1. The molecule has 7 heteroatoms. The summed E-state index contributed by atoms with van der Waals surface area (Å²) in [5.41, 5.74) is 0.147. The molecule has 1 atom stereocenters. The molecule has 22 heavy (non-hydrogen) atoms. The highest BCUT2D eigenvalue weighted by Crippen LogP contribution is 2.19. The number of hydrogen-bond acceptors (Lipinski definition) is 4. The first-order valence-corrected chi connectivity index (χ1v) is 7.21. The van der Waals surface area contributed by atoms with Gasteiger partial charge in [-0.25, -0.2) is 9.18 Å². The third-order valence-corrected chi connectivity index (χ3v) is 3.49. The van der Waals surface area contributed by atoms with Crippen LogP contribution in [0.5, 0.6) is 0 Å². The SMILES string of the molecule is C[C@@H](NC(=O)COC(=O)c1ccc(F)cc1Br)c1ccco1. The lowest BCUT2D eigenvalue weighted by Crippen LogP contribution is -2.31. The van der Waals surface area contributed by atoms with Gasteiger partial charge in [-0.3, -0.25) is 4.79 Å². The number of amides is 1. The van der Waals surface area contributed by atoms with Crippen molar-refractivity contribution in [2.75, 3.05) is 6.61 Å². The first-order chi connectivity index (χ1) is 10.5. The Morgan fingerprint density at radius 3 is 2.82 bits per heavy atom. The summed E-state index contributed by atoms with van der Waals surface area (Å²) in [7, 11) is 0. The van der Waals surface area contributed by atoms with Gasteiger partial charge in [-0.2, -0.15) is 0 Å². The minimum atomic E-state index is -0.715. The molecule has 0 saturated carbocycles. The minimum absolute atomic E-state index is 0.147. The van der Waals surface area contributed by atoms with Gasteiger partial charge >= 0.3 is 5.97 Å². The van der Waals surface area contributed by atoms with E-state index in [0.717, 1.165) is 12.1 Å². The van der Waals surface area contributed by atoms with Crippen LogP contribution in [0.4, 0.5) is 4.39 Å². The van der Waals surface area contributed by atoms with Gasteiger partial charge in [0.25, 0.3) is 5.91 Å². The topological polar surface area (TPSA) is 68.5 Å². The van der Waals surface area contributed by atoms with Gasteiger partial charge in [-0.15, -0.1) is 0 Å². The van der Waals surface area contributed by atoms with Gasteiger partial charge in [0.05, 0.1) is 17.9 Å². The Kier molecular flexibility index (Phi) is 5.32. The number of rotatable bonds is 5. The molecule has 2 aromatic rings. The molecule has 2 rings (SSSR count). The van der Waals surface area contributed by atoms with Crippen LogP contribution in [0.2, 0.25) is 0 Å². The zero-order valence-corrected chi connectivity index (χ0v) is 13.2. The maximum Gasteiger partial charge on any atom is 0.339 e. The van der Waals surface area contributed by atoms with Crippen molar-refractivity contribution in [1.29, 1.82) is 0 Å². The van der Waals surface area contributed by atoms with E-state index in [4.69, 9.17) is 9.15 Å². The van der Waals surface area contributed by atoms with E-state index >= 15 is 0 Å². The van der Waals surface area contributed by atoms with Crippen LogP contribution < -0.4 is 5.32 Å². The van der Waals surface area contributed by atoms with Crippen LogP contribution in [0.1, 0.15) is 29.1 Å². The molecule has 0 bridgehead atoms. The number of furan rings is 1. The molecular formula is C15H13BrFNO4. The van der Waals surface area contributed by atoms with E-state index < -0.39 is 24.3 Å². The number of carbonyl (C=O) groups is 2. The molecule has 0 fully saturated rings. The molecular weight excluding hydrogens is 357 g/mol. The van der Waals surface area contributed by atoms with Crippen LogP contribution in [0.25, 0.3) is 0 Å². The summed E-state index contributed by atoms with van der Waals surface area (Å²) in [6, 6.07) is 6.68. The van der Waals surface area contributed by atoms with Gasteiger partial charge in [0.1, 0.15) is 11.6 Å². The van der Waals surface area contributed by atoms with Gasteiger partial charge < -0.3 is 14.5 Å². The number of halogens is 2. The molecule has 116 valence electrons. The Balaban J connectivity index is 1.86. The van der Waals surface area contributed by atoms with Crippen LogP contribution in [0.15, 0.2) is 45.5 Å². The zero-order chi connectivity index (χ0) is 16.1. The number of ether oxygens (including phenoxy) is 1.